The molecule has 28 heavy (non-hydrogen) atoms. The Kier molecular flexibility index (Phi) is 8.30. The Labute approximate surface area is 174 Å². The third-order valence-corrected chi connectivity index (χ3v) is 7.88. The fraction of sp³-hybridized carbons (Fsp3) is 0.650. The van der Waals surface area contributed by atoms with Crippen LogP contribution in [0, 0.1) is 5.92 Å². The van der Waals surface area contributed by atoms with Crippen LogP contribution in [0.1, 0.15) is 50.9 Å². The quantitative estimate of drug-likeness (QED) is 0.688. The van der Waals surface area contributed by atoms with E-state index in [1.807, 2.05) is 0 Å². The van der Waals surface area contributed by atoms with Gasteiger partial charge in [-0.15, -0.1) is 0 Å². The minimum absolute atomic E-state index is 0.0193. The third-order valence-electron chi connectivity index (χ3n) is 5.35. The zero-order valence-electron chi connectivity index (χ0n) is 17.2. The van der Waals surface area contributed by atoms with Crippen molar-refractivity contribution in [2.45, 2.75) is 51.5 Å². The first-order valence-electron chi connectivity index (χ1n) is 10.0. The minimum Gasteiger partial charge on any atom is -0.352 e. The summed E-state index contributed by atoms with van der Waals surface area (Å²) in [5.74, 6) is 0.139. The molecule has 6 nitrogen and oxygen atoms in total. The van der Waals surface area contributed by atoms with E-state index >= 15 is 0 Å². The SMILES string of the molecule is CCN(CC)S(=O)(=O)c1cc(C(=O)NCC2CCCN(C(C)C)C2)ccc1Cl. The zero-order chi connectivity index (χ0) is 20.9. The number of nitrogens with zero attached hydrogens (tertiary/aromatic N) is 2. The second-order valence-electron chi connectivity index (χ2n) is 7.54. The molecule has 0 bridgehead atoms. The van der Waals surface area contributed by atoms with Gasteiger partial charge in [-0.05, 0) is 57.4 Å². The van der Waals surface area contributed by atoms with Gasteiger partial charge >= 0.3 is 0 Å². The number of hydrogen-bond acceptors (Lipinski definition) is 4. The average molecular weight is 430 g/mol. The molecule has 1 aliphatic rings. The van der Waals surface area contributed by atoms with Gasteiger partial charge in [-0.25, -0.2) is 8.42 Å². The third kappa shape index (κ3) is 5.47. The first-order chi connectivity index (χ1) is 13.2. The Hall–Kier alpha value is -1.15. The van der Waals surface area contributed by atoms with E-state index in [0.717, 1.165) is 25.9 Å². The van der Waals surface area contributed by atoms with Gasteiger partial charge in [0.2, 0.25) is 10.0 Å². The molecule has 1 N–H and O–H groups in total. The van der Waals surface area contributed by atoms with Gasteiger partial charge < -0.3 is 10.2 Å². The highest BCUT2D eigenvalue weighted by Gasteiger charge is 2.26. The van der Waals surface area contributed by atoms with Crippen molar-refractivity contribution in [3.8, 4) is 0 Å². The summed E-state index contributed by atoms with van der Waals surface area (Å²) in [5.41, 5.74) is 0.312. The van der Waals surface area contributed by atoms with Gasteiger partial charge in [0, 0.05) is 37.8 Å². The van der Waals surface area contributed by atoms with Crippen molar-refractivity contribution in [1.82, 2.24) is 14.5 Å². The molecule has 8 heteroatoms. The number of halogens is 1. The smallest absolute Gasteiger partial charge is 0.251 e. The van der Waals surface area contributed by atoms with Gasteiger partial charge in [0.25, 0.3) is 5.91 Å². The molecule has 0 spiro atoms. The van der Waals surface area contributed by atoms with Gasteiger partial charge in [0.1, 0.15) is 4.90 Å². The lowest BCUT2D eigenvalue weighted by atomic mass is 9.97. The predicted molar refractivity (Wildman–Crippen MR) is 113 cm³/mol. The van der Waals surface area contributed by atoms with Crippen LogP contribution in [-0.4, -0.2) is 62.3 Å². The van der Waals surface area contributed by atoms with Crippen LogP contribution in [0.5, 0.6) is 0 Å². The van der Waals surface area contributed by atoms with E-state index < -0.39 is 10.0 Å². The van der Waals surface area contributed by atoms with E-state index in [0.29, 0.717) is 37.2 Å². The maximum absolute atomic E-state index is 12.8. The fourth-order valence-electron chi connectivity index (χ4n) is 3.62. The van der Waals surface area contributed by atoms with E-state index in [2.05, 4.69) is 24.1 Å². The van der Waals surface area contributed by atoms with Gasteiger partial charge in [-0.3, -0.25) is 4.79 Å². The molecule has 1 aromatic rings. The molecule has 1 aromatic carbocycles. The van der Waals surface area contributed by atoms with Crippen molar-refractivity contribution in [1.29, 1.82) is 0 Å². The first-order valence-corrected chi connectivity index (χ1v) is 11.8. The number of rotatable bonds is 8. The number of carbonyl (C=O) groups excluding carboxylic acids is 1. The molecule has 0 radical (unpaired) electrons. The summed E-state index contributed by atoms with van der Waals surface area (Å²) in [6.45, 7) is 11.3. The maximum atomic E-state index is 12.8. The summed E-state index contributed by atoms with van der Waals surface area (Å²) in [6, 6.07) is 4.93. The molecule has 1 saturated heterocycles. The van der Waals surface area contributed by atoms with Crippen molar-refractivity contribution < 1.29 is 13.2 Å². The van der Waals surface area contributed by atoms with Crippen molar-refractivity contribution in [2.24, 2.45) is 5.92 Å². The van der Waals surface area contributed by atoms with E-state index in [9.17, 15) is 13.2 Å². The number of likely N-dealkylation sites (tertiary alicyclic amines) is 1. The molecule has 1 heterocycles. The highest BCUT2D eigenvalue weighted by atomic mass is 35.5. The topological polar surface area (TPSA) is 69.7 Å². The van der Waals surface area contributed by atoms with E-state index in [-0.39, 0.29) is 15.8 Å². The summed E-state index contributed by atoms with van der Waals surface area (Å²) in [5, 5.41) is 3.09. The second kappa shape index (κ2) is 10.1. The number of piperidine rings is 1. The molecule has 0 saturated carbocycles. The van der Waals surface area contributed by atoms with E-state index in [4.69, 9.17) is 11.6 Å². The Morgan fingerprint density at radius 1 is 1.32 bits per heavy atom. The maximum Gasteiger partial charge on any atom is 0.251 e. The molecule has 1 fully saturated rings. The molecular weight excluding hydrogens is 398 g/mol. The van der Waals surface area contributed by atoms with Crippen LogP contribution in [0.25, 0.3) is 0 Å². The summed E-state index contributed by atoms with van der Waals surface area (Å²) in [7, 11) is -3.73. The van der Waals surface area contributed by atoms with Crippen LogP contribution in [-0.2, 0) is 10.0 Å². The fourth-order valence-corrected chi connectivity index (χ4v) is 5.58. The molecule has 1 unspecified atom stereocenters. The Bertz CT molecular complexity index is 779. The molecule has 1 atom stereocenters. The largest absolute Gasteiger partial charge is 0.352 e. The number of sulfonamides is 1. The Morgan fingerprint density at radius 3 is 2.61 bits per heavy atom. The first kappa shape index (κ1) is 23.1. The van der Waals surface area contributed by atoms with Gasteiger partial charge in [-0.2, -0.15) is 4.31 Å². The van der Waals surface area contributed by atoms with Crippen LogP contribution < -0.4 is 5.32 Å². The predicted octanol–water partition coefficient (Wildman–Crippen LogP) is 3.22. The van der Waals surface area contributed by atoms with Crippen LogP contribution in [0.2, 0.25) is 5.02 Å². The highest BCUT2D eigenvalue weighted by Crippen LogP contribution is 2.26. The van der Waals surface area contributed by atoms with Crippen LogP contribution in [0.3, 0.4) is 0 Å². The molecule has 2 rings (SSSR count). The van der Waals surface area contributed by atoms with Crippen molar-refractivity contribution in [2.75, 3.05) is 32.7 Å². The summed E-state index contributed by atoms with van der Waals surface area (Å²) in [4.78, 5) is 15.0. The lowest BCUT2D eigenvalue weighted by molar-refractivity contribution is 0.0922. The van der Waals surface area contributed by atoms with Crippen LogP contribution in [0.15, 0.2) is 23.1 Å². The summed E-state index contributed by atoms with van der Waals surface area (Å²) >= 11 is 6.14. The van der Waals surface area contributed by atoms with Crippen molar-refractivity contribution in [3.63, 3.8) is 0 Å². The molecule has 1 amide bonds. The number of nitrogens with one attached hydrogen (secondary N) is 1. The standard InChI is InChI=1S/C20H32ClN3O3S/c1-5-24(6-2)28(26,27)19-12-17(9-10-18(19)21)20(25)22-13-16-8-7-11-23(14-16)15(3)4/h9-10,12,15-16H,5-8,11,13-14H2,1-4H3,(H,22,25). The highest BCUT2D eigenvalue weighted by molar-refractivity contribution is 7.89. The minimum atomic E-state index is -3.73. The van der Waals surface area contributed by atoms with E-state index in [1.165, 1.54) is 16.4 Å². The summed E-state index contributed by atoms with van der Waals surface area (Å²) < 4.78 is 26.9. The number of amides is 1. The van der Waals surface area contributed by atoms with E-state index in [1.54, 1.807) is 19.9 Å². The normalized spacial score (nSPS) is 18.6. The molecule has 1 aliphatic heterocycles. The lowest BCUT2D eigenvalue weighted by Gasteiger charge is -2.35. The van der Waals surface area contributed by atoms with Crippen molar-refractivity contribution in [3.05, 3.63) is 28.8 Å². The molecule has 0 aliphatic carbocycles. The molecule has 158 valence electrons. The van der Waals surface area contributed by atoms with Crippen LogP contribution in [0.4, 0.5) is 0 Å². The Balaban J connectivity index is 2.10. The average Bonchev–Trinajstić information content (AvgIpc) is 2.67. The summed E-state index contributed by atoms with van der Waals surface area (Å²) in [6.07, 6.45) is 2.22. The van der Waals surface area contributed by atoms with Crippen molar-refractivity contribution >= 4 is 27.5 Å². The second-order valence-corrected chi connectivity index (χ2v) is 9.86. The monoisotopic (exact) mass is 429 g/mol. The van der Waals surface area contributed by atoms with Gasteiger partial charge in [-0.1, -0.05) is 25.4 Å². The molecular formula is C20H32ClN3O3S. The Morgan fingerprint density at radius 2 is 2.00 bits per heavy atom. The molecule has 0 aromatic heterocycles. The number of hydrogen-bond donors (Lipinski definition) is 1. The zero-order valence-corrected chi connectivity index (χ0v) is 18.8. The van der Waals surface area contributed by atoms with Crippen LogP contribution >= 0.6 is 11.6 Å². The van der Waals surface area contributed by atoms with Gasteiger partial charge in [0.15, 0.2) is 0 Å². The van der Waals surface area contributed by atoms with Gasteiger partial charge in [0.05, 0.1) is 5.02 Å². The number of carbonyl (C=O) groups is 1. The lowest BCUT2D eigenvalue weighted by Crippen LogP contribution is -2.43. The number of benzene rings is 1.